The minimum Gasteiger partial charge on any atom is -0.494 e. The molecule has 0 aromatic heterocycles. The first-order valence-electron chi connectivity index (χ1n) is 7.56. The normalized spacial score (nSPS) is 16.9. The molecule has 0 spiro atoms. The molecule has 0 N–H and O–H groups in total. The molecule has 4 nitrogen and oxygen atoms in total. The lowest BCUT2D eigenvalue weighted by Crippen LogP contribution is -2.27. The van der Waals surface area contributed by atoms with Crippen LogP contribution in [0.4, 0.5) is 0 Å². The van der Waals surface area contributed by atoms with Gasteiger partial charge in [0, 0.05) is 17.3 Å². The van der Waals surface area contributed by atoms with E-state index in [-0.39, 0.29) is 5.97 Å². The second kappa shape index (κ2) is 8.86. The number of unbranched alkanes of at least 4 members (excludes halogenated alkanes) is 1. The summed E-state index contributed by atoms with van der Waals surface area (Å²) >= 11 is 1.77. The van der Waals surface area contributed by atoms with Crippen LogP contribution in [0.2, 0.25) is 0 Å². The molecule has 1 saturated heterocycles. The highest BCUT2D eigenvalue weighted by molar-refractivity contribution is 8.03. The van der Waals surface area contributed by atoms with Crippen LogP contribution in [0, 0.1) is 0 Å². The van der Waals surface area contributed by atoms with E-state index >= 15 is 0 Å². The molecular formula is C17H23NO3S. The van der Waals surface area contributed by atoms with Crippen LogP contribution in [-0.2, 0) is 9.53 Å². The summed E-state index contributed by atoms with van der Waals surface area (Å²) in [6.07, 6.45) is 4.39. The van der Waals surface area contributed by atoms with Gasteiger partial charge in [-0.3, -0.25) is 9.69 Å². The van der Waals surface area contributed by atoms with Crippen LogP contribution < -0.4 is 4.74 Å². The van der Waals surface area contributed by atoms with E-state index in [2.05, 4.69) is 30.0 Å². The molecule has 0 saturated carbocycles. The number of carbonyl (C=O) groups is 1. The maximum Gasteiger partial charge on any atom is 0.319 e. The highest BCUT2D eigenvalue weighted by Crippen LogP contribution is 2.28. The van der Waals surface area contributed by atoms with Crippen molar-refractivity contribution in [1.29, 1.82) is 0 Å². The van der Waals surface area contributed by atoms with Crippen LogP contribution in [0.3, 0.4) is 0 Å². The average Bonchev–Trinajstić information content (AvgIpc) is 2.96. The van der Waals surface area contributed by atoms with Crippen molar-refractivity contribution in [3.8, 4) is 5.75 Å². The third-order valence-corrected chi connectivity index (χ3v) is 4.48. The van der Waals surface area contributed by atoms with Gasteiger partial charge in [0.15, 0.2) is 0 Å². The van der Waals surface area contributed by atoms with Crippen molar-refractivity contribution < 1.29 is 14.3 Å². The van der Waals surface area contributed by atoms with Gasteiger partial charge in [0.1, 0.15) is 5.75 Å². The Labute approximate surface area is 136 Å². The fourth-order valence-corrected chi connectivity index (χ4v) is 3.13. The fourth-order valence-electron chi connectivity index (χ4n) is 2.10. The van der Waals surface area contributed by atoms with E-state index in [9.17, 15) is 4.79 Å². The summed E-state index contributed by atoms with van der Waals surface area (Å²) in [4.78, 5) is 14.6. The topological polar surface area (TPSA) is 38.8 Å². The van der Waals surface area contributed by atoms with Gasteiger partial charge < -0.3 is 9.47 Å². The molecule has 2 rings (SSSR count). The monoisotopic (exact) mass is 321 g/mol. The lowest BCUT2D eigenvalue weighted by atomic mass is 10.2. The van der Waals surface area contributed by atoms with Crippen molar-refractivity contribution in [3.63, 3.8) is 0 Å². The van der Waals surface area contributed by atoms with Gasteiger partial charge in [0.25, 0.3) is 0 Å². The number of methoxy groups -OCH3 is 1. The Kier molecular flexibility index (Phi) is 6.80. The lowest BCUT2D eigenvalue weighted by molar-refractivity contribution is -0.141. The first-order chi connectivity index (χ1) is 10.7. The maximum atomic E-state index is 11.3. The molecule has 0 radical (unpaired) electrons. The Bertz CT molecular complexity index is 513. The highest BCUT2D eigenvalue weighted by atomic mass is 32.2. The van der Waals surface area contributed by atoms with Crippen LogP contribution in [0.1, 0.15) is 25.3 Å². The number of hydrogen-bond donors (Lipinski definition) is 0. The molecule has 0 atom stereocenters. The molecule has 1 heterocycles. The van der Waals surface area contributed by atoms with Crippen molar-refractivity contribution in [2.24, 2.45) is 0 Å². The molecule has 1 aliphatic heterocycles. The first kappa shape index (κ1) is 16.9. The van der Waals surface area contributed by atoms with Gasteiger partial charge >= 0.3 is 5.97 Å². The Hall–Kier alpha value is -1.46. The summed E-state index contributed by atoms with van der Waals surface area (Å²) < 4.78 is 10.4. The van der Waals surface area contributed by atoms with Crippen molar-refractivity contribution in [2.45, 2.75) is 19.8 Å². The molecule has 0 unspecified atom stereocenters. The van der Waals surface area contributed by atoms with Crippen LogP contribution in [-0.4, -0.2) is 43.6 Å². The molecule has 5 heteroatoms. The summed E-state index contributed by atoms with van der Waals surface area (Å²) in [5.74, 6) is 1.57. The number of ether oxygens (including phenoxy) is 2. The van der Waals surface area contributed by atoms with Gasteiger partial charge in [-0.1, -0.05) is 25.5 Å². The number of hydrogen-bond acceptors (Lipinski definition) is 5. The molecule has 22 heavy (non-hydrogen) atoms. The van der Waals surface area contributed by atoms with Gasteiger partial charge in [-0.15, -0.1) is 11.8 Å². The lowest BCUT2D eigenvalue weighted by Gasteiger charge is -2.10. The van der Waals surface area contributed by atoms with Gasteiger partial charge in [-0.2, -0.15) is 0 Å². The third kappa shape index (κ3) is 5.39. The minimum absolute atomic E-state index is 0.185. The quantitative estimate of drug-likeness (QED) is 0.568. The molecule has 1 aromatic rings. The van der Waals surface area contributed by atoms with E-state index in [1.54, 1.807) is 11.8 Å². The van der Waals surface area contributed by atoms with Crippen molar-refractivity contribution in [1.82, 2.24) is 4.90 Å². The highest BCUT2D eigenvalue weighted by Gasteiger charge is 2.19. The average molecular weight is 321 g/mol. The number of rotatable bonds is 7. The zero-order chi connectivity index (χ0) is 15.8. The molecule has 1 aliphatic rings. The number of esters is 1. The Morgan fingerprint density at radius 2 is 2.14 bits per heavy atom. The van der Waals surface area contributed by atoms with Crippen LogP contribution in [0.25, 0.3) is 6.08 Å². The number of benzene rings is 1. The largest absolute Gasteiger partial charge is 0.494 e. The molecule has 1 aromatic carbocycles. The standard InChI is InChI=1S/C17H23NO3S/c1-3-4-9-21-15-7-5-14(6-8-15)10-16-11-18(13-22-16)12-17(19)20-2/h5-8,10H,3-4,9,11-13H2,1-2H3. The van der Waals surface area contributed by atoms with Gasteiger partial charge in [0.2, 0.25) is 0 Å². The van der Waals surface area contributed by atoms with E-state index in [0.29, 0.717) is 6.54 Å². The molecule has 0 aliphatic carbocycles. The number of carbonyl (C=O) groups excluding carboxylic acids is 1. The summed E-state index contributed by atoms with van der Waals surface area (Å²) in [5.41, 5.74) is 1.16. The Morgan fingerprint density at radius 1 is 1.36 bits per heavy atom. The molecule has 120 valence electrons. The minimum atomic E-state index is -0.185. The molecule has 1 fully saturated rings. The Morgan fingerprint density at radius 3 is 2.82 bits per heavy atom. The van der Waals surface area contributed by atoms with Gasteiger partial charge in [-0.05, 0) is 30.2 Å². The van der Waals surface area contributed by atoms with E-state index in [4.69, 9.17) is 9.47 Å². The first-order valence-corrected chi connectivity index (χ1v) is 8.55. The summed E-state index contributed by atoms with van der Waals surface area (Å²) in [6.45, 7) is 4.08. The van der Waals surface area contributed by atoms with Crippen molar-refractivity contribution >= 4 is 23.8 Å². The number of nitrogens with zero attached hydrogens (tertiary/aromatic N) is 1. The second-order valence-corrected chi connectivity index (χ2v) is 6.29. The zero-order valence-electron chi connectivity index (χ0n) is 13.2. The maximum absolute atomic E-state index is 11.3. The second-order valence-electron chi connectivity index (χ2n) is 5.22. The summed E-state index contributed by atoms with van der Waals surface area (Å²) in [5, 5.41) is 0. The van der Waals surface area contributed by atoms with Gasteiger partial charge in [-0.25, -0.2) is 0 Å². The molecule has 0 bridgehead atoms. The summed E-state index contributed by atoms with van der Waals surface area (Å²) in [6, 6.07) is 8.15. The predicted molar refractivity (Wildman–Crippen MR) is 90.9 cm³/mol. The Balaban J connectivity index is 1.86. The van der Waals surface area contributed by atoms with E-state index in [1.165, 1.54) is 12.0 Å². The molecule has 0 amide bonds. The van der Waals surface area contributed by atoms with Crippen LogP contribution in [0.5, 0.6) is 5.75 Å². The van der Waals surface area contributed by atoms with Crippen molar-refractivity contribution in [2.75, 3.05) is 32.7 Å². The SMILES string of the molecule is CCCCOc1ccc(C=C2CN(CC(=O)OC)CS2)cc1. The predicted octanol–water partition coefficient (Wildman–Crippen LogP) is 3.39. The van der Waals surface area contributed by atoms with Crippen LogP contribution in [0.15, 0.2) is 29.2 Å². The van der Waals surface area contributed by atoms with Crippen LogP contribution >= 0.6 is 11.8 Å². The molecular weight excluding hydrogens is 298 g/mol. The van der Waals surface area contributed by atoms with E-state index < -0.39 is 0 Å². The van der Waals surface area contributed by atoms with Gasteiger partial charge in [0.05, 0.1) is 20.3 Å². The summed E-state index contributed by atoms with van der Waals surface area (Å²) in [7, 11) is 1.42. The zero-order valence-corrected chi connectivity index (χ0v) is 14.0. The number of thioether (sulfide) groups is 1. The third-order valence-electron chi connectivity index (χ3n) is 3.37. The van der Waals surface area contributed by atoms with E-state index in [0.717, 1.165) is 43.2 Å². The fraction of sp³-hybridized carbons (Fsp3) is 0.471. The van der Waals surface area contributed by atoms with Crippen molar-refractivity contribution in [3.05, 3.63) is 34.7 Å². The smallest absolute Gasteiger partial charge is 0.319 e. The van der Waals surface area contributed by atoms with E-state index in [1.807, 2.05) is 12.1 Å².